The highest BCUT2D eigenvalue weighted by Gasteiger charge is 2.13. The van der Waals surface area contributed by atoms with Crippen molar-refractivity contribution in [2.24, 2.45) is 0 Å². The van der Waals surface area contributed by atoms with Crippen molar-refractivity contribution in [3.05, 3.63) is 34.9 Å². The molecule has 0 heterocycles. The fourth-order valence-electron chi connectivity index (χ4n) is 1.67. The number of ether oxygens (including phenoxy) is 1. The number of carbonyl (C=O) groups is 2. The second-order valence-electron chi connectivity index (χ2n) is 4.12. The van der Waals surface area contributed by atoms with Crippen molar-refractivity contribution in [3.63, 3.8) is 0 Å². The molecule has 0 aliphatic carbocycles. The van der Waals surface area contributed by atoms with Crippen LogP contribution in [0.5, 0.6) is 0 Å². The van der Waals surface area contributed by atoms with Gasteiger partial charge in [0.15, 0.2) is 0 Å². The van der Waals surface area contributed by atoms with Gasteiger partial charge in [-0.25, -0.2) is 0 Å². The maximum absolute atomic E-state index is 11.7. The lowest BCUT2D eigenvalue weighted by molar-refractivity contribution is -0.144. The summed E-state index contributed by atoms with van der Waals surface area (Å²) in [6, 6.07) is 7.14. The molecule has 1 atom stereocenters. The number of amides is 1. The standard InChI is InChI=1S/C14H18ClNO3/c1-3-19-14(18)9-8-13(17)16-10(2)11-6-4-5-7-12(11)15/h4-7,10H,3,8-9H2,1-2H3,(H,16,17)/t10-/m0/s1. The molecule has 0 aliphatic heterocycles. The Labute approximate surface area is 118 Å². The third-order valence-electron chi connectivity index (χ3n) is 2.61. The van der Waals surface area contributed by atoms with E-state index in [1.165, 1.54) is 0 Å². The summed E-state index contributed by atoms with van der Waals surface area (Å²) in [6.45, 7) is 3.91. The van der Waals surface area contributed by atoms with Gasteiger partial charge in [-0.1, -0.05) is 29.8 Å². The molecule has 5 heteroatoms. The van der Waals surface area contributed by atoms with E-state index < -0.39 is 0 Å². The van der Waals surface area contributed by atoms with Crippen LogP contribution in [0.2, 0.25) is 5.02 Å². The molecule has 1 aromatic rings. The molecule has 0 aromatic heterocycles. The number of halogens is 1. The number of carbonyl (C=O) groups excluding carboxylic acids is 2. The van der Waals surface area contributed by atoms with Gasteiger partial charge in [-0.3, -0.25) is 9.59 Å². The van der Waals surface area contributed by atoms with Crippen LogP contribution in [0.15, 0.2) is 24.3 Å². The van der Waals surface area contributed by atoms with E-state index in [2.05, 4.69) is 5.32 Å². The Bertz CT molecular complexity index is 448. The molecule has 19 heavy (non-hydrogen) atoms. The molecule has 0 radical (unpaired) electrons. The summed E-state index contributed by atoms with van der Waals surface area (Å²) in [6.07, 6.45) is 0.211. The van der Waals surface area contributed by atoms with Crippen molar-refractivity contribution in [3.8, 4) is 0 Å². The van der Waals surface area contributed by atoms with Crippen LogP contribution < -0.4 is 5.32 Å². The van der Waals surface area contributed by atoms with Crippen molar-refractivity contribution < 1.29 is 14.3 Å². The molecule has 0 spiro atoms. The first-order valence-corrected chi connectivity index (χ1v) is 6.61. The van der Waals surface area contributed by atoms with E-state index in [0.29, 0.717) is 11.6 Å². The average molecular weight is 284 g/mol. The second kappa shape index (κ2) is 7.79. The van der Waals surface area contributed by atoms with E-state index in [-0.39, 0.29) is 30.8 Å². The lowest BCUT2D eigenvalue weighted by Gasteiger charge is -2.15. The van der Waals surface area contributed by atoms with E-state index in [1.54, 1.807) is 13.0 Å². The molecule has 4 nitrogen and oxygen atoms in total. The molecule has 104 valence electrons. The lowest BCUT2D eigenvalue weighted by Crippen LogP contribution is -2.27. The summed E-state index contributed by atoms with van der Waals surface area (Å²) in [5, 5.41) is 3.42. The Balaban J connectivity index is 2.44. The molecule has 1 rings (SSSR count). The molecular weight excluding hydrogens is 266 g/mol. The first kappa shape index (κ1) is 15.5. The Morgan fingerprint density at radius 2 is 2.00 bits per heavy atom. The first-order chi connectivity index (χ1) is 9.04. The van der Waals surface area contributed by atoms with Gasteiger partial charge in [-0.05, 0) is 25.5 Å². The molecule has 0 unspecified atom stereocenters. The topological polar surface area (TPSA) is 55.4 Å². The van der Waals surface area contributed by atoms with E-state index in [9.17, 15) is 9.59 Å². The zero-order chi connectivity index (χ0) is 14.3. The highest BCUT2D eigenvalue weighted by molar-refractivity contribution is 6.31. The van der Waals surface area contributed by atoms with E-state index in [0.717, 1.165) is 5.56 Å². The van der Waals surface area contributed by atoms with Crippen LogP contribution >= 0.6 is 11.6 Å². The van der Waals surface area contributed by atoms with Crippen LogP contribution in [0.3, 0.4) is 0 Å². The minimum Gasteiger partial charge on any atom is -0.466 e. The molecule has 1 amide bonds. The van der Waals surface area contributed by atoms with Crippen LogP contribution in [0.25, 0.3) is 0 Å². The lowest BCUT2D eigenvalue weighted by atomic mass is 10.1. The molecule has 0 saturated heterocycles. The Kier molecular flexibility index (Phi) is 6.36. The summed E-state index contributed by atoms with van der Waals surface area (Å²) >= 11 is 6.05. The molecule has 1 aromatic carbocycles. The number of hydrogen-bond acceptors (Lipinski definition) is 3. The smallest absolute Gasteiger partial charge is 0.306 e. The summed E-state index contributed by atoms with van der Waals surface area (Å²) in [7, 11) is 0. The van der Waals surface area contributed by atoms with Gasteiger partial charge in [-0.15, -0.1) is 0 Å². The maximum atomic E-state index is 11.7. The predicted molar refractivity (Wildman–Crippen MR) is 73.9 cm³/mol. The summed E-state index contributed by atoms with van der Waals surface area (Å²) in [4.78, 5) is 22.8. The van der Waals surface area contributed by atoms with Gasteiger partial charge in [0, 0.05) is 11.4 Å². The summed E-state index contributed by atoms with van der Waals surface area (Å²) in [5.41, 5.74) is 0.855. The third-order valence-corrected chi connectivity index (χ3v) is 2.95. The van der Waals surface area contributed by atoms with Gasteiger partial charge in [0.25, 0.3) is 0 Å². The SMILES string of the molecule is CCOC(=O)CCC(=O)N[C@@H](C)c1ccccc1Cl. The molecule has 0 fully saturated rings. The molecule has 1 N–H and O–H groups in total. The summed E-state index contributed by atoms with van der Waals surface area (Å²) < 4.78 is 4.76. The number of hydrogen-bond donors (Lipinski definition) is 1. The number of benzene rings is 1. The minimum absolute atomic E-state index is 0.0922. The largest absolute Gasteiger partial charge is 0.466 e. The van der Waals surface area contributed by atoms with Crippen LogP contribution in [-0.2, 0) is 14.3 Å². The molecule has 0 bridgehead atoms. The second-order valence-corrected chi connectivity index (χ2v) is 4.52. The van der Waals surface area contributed by atoms with Crippen LogP contribution in [0.4, 0.5) is 0 Å². The van der Waals surface area contributed by atoms with Crippen LogP contribution in [0, 0.1) is 0 Å². The van der Waals surface area contributed by atoms with E-state index >= 15 is 0 Å². The Hall–Kier alpha value is -1.55. The highest BCUT2D eigenvalue weighted by atomic mass is 35.5. The van der Waals surface area contributed by atoms with E-state index in [4.69, 9.17) is 16.3 Å². The molecular formula is C14H18ClNO3. The van der Waals surface area contributed by atoms with Gasteiger partial charge in [0.1, 0.15) is 0 Å². The van der Waals surface area contributed by atoms with Crippen molar-refractivity contribution >= 4 is 23.5 Å². The van der Waals surface area contributed by atoms with Crippen molar-refractivity contribution in [1.29, 1.82) is 0 Å². The van der Waals surface area contributed by atoms with Crippen molar-refractivity contribution in [2.75, 3.05) is 6.61 Å². The Morgan fingerprint density at radius 3 is 2.63 bits per heavy atom. The predicted octanol–water partition coefficient (Wildman–Crippen LogP) is 2.86. The fourth-order valence-corrected chi connectivity index (χ4v) is 1.97. The molecule has 0 aliphatic rings. The number of esters is 1. The van der Waals surface area contributed by atoms with Gasteiger partial charge < -0.3 is 10.1 Å². The zero-order valence-electron chi connectivity index (χ0n) is 11.1. The number of nitrogens with one attached hydrogen (secondary N) is 1. The van der Waals surface area contributed by atoms with Crippen molar-refractivity contribution in [1.82, 2.24) is 5.32 Å². The van der Waals surface area contributed by atoms with Gasteiger partial charge in [0.2, 0.25) is 5.91 Å². The van der Waals surface area contributed by atoms with Gasteiger partial charge in [0.05, 0.1) is 19.1 Å². The highest BCUT2D eigenvalue weighted by Crippen LogP contribution is 2.22. The van der Waals surface area contributed by atoms with E-state index in [1.807, 2.05) is 25.1 Å². The van der Waals surface area contributed by atoms with Crippen LogP contribution in [0.1, 0.15) is 38.3 Å². The Morgan fingerprint density at radius 1 is 1.32 bits per heavy atom. The van der Waals surface area contributed by atoms with Gasteiger partial charge >= 0.3 is 5.97 Å². The monoisotopic (exact) mass is 283 g/mol. The fraction of sp³-hybridized carbons (Fsp3) is 0.429. The first-order valence-electron chi connectivity index (χ1n) is 6.24. The van der Waals surface area contributed by atoms with Gasteiger partial charge in [-0.2, -0.15) is 0 Å². The maximum Gasteiger partial charge on any atom is 0.306 e. The quantitative estimate of drug-likeness (QED) is 0.817. The normalized spacial score (nSPS) is 11.7. The number of rotatable bonds is 6. The van der Waals surface area contributed by atoms with Crippen molar-refractivity contribution in [2.45, 2.75) is 32.7 Å². The minimum atomic E-state index is -0.358. The third kappa shape index (κ3) is 5.30. The average Bonchev–Trinajstić information content (AvgIpc) is 2.37. The van der Waals surface area contributed by atoms with Crippen LogP contribution in [-0.4, -0.2) is 18.5 Å². The molecule has 0 saturated carbocycles. The zero-order valence-corrected chi connectivity index (χ0v) is 11.9. The summed E-state index contributed by atoms with van der Waals surface area (Å²) in [5.74, 6) is -0.552.